The van der Waals surface area contributed by atoms with E-state index in [1.165, 1.54) is 18.2 Å². The van der Waals surface area contributed by atoms with Crippen LogP contribution in [0.15, 0.2) is 18.2 Å². The minimum absolute atomic E-state index is 0.0533. The Labute approximate surface area is 99.6 Å². The van der Waals surface area contributed by atoms with Crippen LogP contribution in [0.1, 0.15) is 22.3 Å². The third-order valence-electron chi connectivity index (χ3n) is 3.07. The normalized spacial score (nSPS) is 22.6. The molecule has 1 fully saturated rings. The Morgan fingerprint density at radius 2 is 2.12 bits per heavy atom. The van der Waals surface area contributed by atoms with Gasteiger partial charge in [-0.25, -0.2) is 12.8 Å². The molecule has 92 valence electrons. The minimum atomic E-state index is -3.09. The Kier molecular flexibility index (Phi) is 3.03. The van der Waals surface area contributed by atoms with Crippen molar-refractivity contribution < 1.29 is 17.6 Å². The van der Waals surface area contributed by atoms with Gasteiger partial charge >= 0.3 is 0 Å². The van der Waals surface area contributed by atoms with Crippen molar-refractivity contribution in [3.63, 3.8) is 0 Å². The smallest absolute Gasteiger partial charge is 0.167 e. The molecule has 1 saturated heterocycles. The molecule has 0 amide bonds. The van der Waals surface area contributed by atoms with Crippen LogP contribution < -0.4 is 0 Å². The number of hydrogen-bond donors (Lipinski definition) is 0. The summed E-state index contributed by atoms with van der Waals surface area (Å²) < 4.78 is 35.7. The second kappa shape index (κ2) is 4.22. The number of hydrogen-bond acceptors (Lipinski definition) is 3. The summed E-state index contributed by atoms with van der Waals surface area (Å²) >= 11 is 0. The van der Waals surface area contributed by atoms with Crippen LogP contribution in [0.3, 0.4) is 0 Å². The fourth-order valence-electron chi connectivity index (χ4n) is 2.08. The molecule has 2 rings (SSSR count). The molecule has 0 aromatic heterocycles. The SMILES string of the molecule is Cc1ccc(F)cc1C(=O)C1CCS(=O)(=O)C1. The van der Waals surface area contributed by atoms with E-state index in [0.717, 1.165) is 0 Å². The van der Waals surface area contributed by atoms with Gasteiger partial charge in [-0.3, -0.25) is 4.79 Å². The molecule has 1 aliphatic rings. The van der Waals surface area contributed by atoms with Crippen LogP contribution in [0, 0.1) is 18.7 Å². The summed E-state index contributed by atoms with van der Waals surface area (Å²) in [6, 6.07) is 4.01. The lowest BCUT2D eigenvalue weighted by Gasteiger charge is -2.09. The van der Waals surface area contributed by atoms with Crippen molar-refractivity contribution in [1.29, 1.82) is 0 Å². The second-order valence-electron chi connectivity index (χ2n) is 4.42. The zero-order chi connectivity index (χ0) is 12.6. The number of Topliss-reactive ketones (excluding diaryl/α,β-unsaturated/α-hetero) is 1. The third kappa shape index (κ3) is 2.54. The van der Waals surface area contributed by atoms with E-state index in [1.807, 2.05) is 0 Å². The van der Waals surface area contributed by atoms with Crippen LogP contribution >= 0.6 is 0 Å². The Bertz CT molecular complexity index is 563. The molecule has 0 radical (unpaired) electrons. The first-order valence-electron chi connectivity index (χ1n) is 5.40. The van der Waals surface area contributed by atoms with Crippen molar-refractivity contribution in [3.8, 4) is 0 Å². The summed E-state index contributed by atoms with van der Waals surface area (Å²) in [7, 11) is -3.09. The van der Waals surface area contributed by atoms with Gasteiger partial charge in [0.2, 0.25) is 0 Å². The lowest BCUT2D eigenvalue weighted by molar-refractivity contribution is 0.0932. The van der Waals surface area contributed by atoms with Crippen LogP contribution in [0.25, 0.3) is 0 Å². The Morgan fingerprint density at radius 1 is 1.41 bits per heavy atom. The molecule has 1 aromatic carbocycles. The van der Waals surface area contributed by atoms with Gasteiger partial charge in [-0.2, -0.15) is 0 Å². The molecule has 1 unspecified atom stereocenters. The standard InChI is InChI=1S/C12H13FO3S/c1-8-2-3-10(13)6-11(8)12(14)9-4-5-17(15,16)7-9/h2-3,6,9H,4-5,7H2,1H3. The van der Waals surface area contributed by atoms with E-state index in [0.29, 0.717) is 17.5 Å². The summed E-state index contributed by atoms with van der Waals surface area (Å²) in [5.41, 5.74) is 0.979. The van der Waals surface area contributed by atoms with Gasteiger partial charge in [0.05, 0.1) is 11.5 Å². The van der Waals surface area contributed by atoms with Crippen molar-refractivity contribution in [2.75, 3.05) is 11.5 Å². The lowest BCUT2D eigenvalue weighted by atomic mass is 9.94. The highest BCUT2D eigenvalue weighted by molar-refractivity contribution is 7.91. The number of aryl methyl sites for hydroxylation is 1. The Hall–Kier alpha value is -1.23. The van der Waals surface area contributed by atoms with E-state index in [2.05, 4.69) is 0 Å². The monoisotopic (exact) mass is 256 g/mol. The average Bonchev–Trinajstić information content (AvgIpc) is 2.61. The van der Waals surface area contributed by atoms with Gasteiger partial charge in [0.15, 0.2) is 15.6 Å². The van der Waals surface area contributed by atoms with Gasteiger partial charge in [-0.15, -0.1) is 0 Å². The molecular weight excluding hydrogens is 243 g/mol. The van der Waals surface area contributed by atoms with E-state index < -0.39 is 21.6 Å². The van der Waals surface area contributed by atoms with Crippen molar-refractivity contribution in [3.05, 3.63) is 35.1 Å². The molecule has 0 aliphatic carbocycles. The molecule has 0 N–H and O–H groups in total. The molecule has 1 heterocycles. The summed E-state index contributed by atoms with van der Waals surface area (Å²) in [5.74, 6) is -1.30. The Balaban J connectivity index is 2.29. The molecule has 1 aliphatic heterocycles. The highest BCUT2D eigenvalue weighted by Gasteiger charge is 2.33. The van der Waals surface area contributed by atoms with Gasteiger partial charge in [-0.1, -0.05) is 6.07 Å². The van der Waals surface area contributed by atoms with Crippen molar-refractivity contribution >= 4 is 15.6 Å². The predicted octanol–water partition coefficient (Wildman–Crippen LogP) is 1.75. The summed E-state index contributed by atoms with van der Waals surface area (Å²) in [4.78, 5) is 12.1. The van der Waals surface area contributed by atoms with Gasteiger partial charge in [-0.05, 0) is 31.0 Å². The highest BCUT2D eigenvalue weighted by Crippen LogP contribution is 2.24. The van der Waals surface area contributed by atoms with Crippen molar-refractivity contribution in [2.24, 2.45) is 5.92 Å². The average molecular weight is 256 g/mol. The van der Waals surface area contributed by atoms with E-state index >= 15 is 0 Å². The zero-order valence-corrected chi connectivity index (χ0v) is 10.3. The number of sulfone groups is 1. The summed E-state index contributed by atoms with van der Waals surface area (Å²) in [5, 5.41) is 0. The maximum Gasteiger partial charge on any atom is 0.167 e. The molecule has 1 atom stereocenters. The largest absolute Gasteiger partial charge is 0.294 e. The minimum Gasteiger partial charge on any atom is -0.294 e. The van der Waals surface area contributed by atoms with Crippen LogP contribution in [0.5, 0.6) is 0 Å². The molecule has 0 saturated carbocycles. The first-order chi connectivity index (χ1) is 7.89. The second-order valence-corrected chi connectivity index (χ2v) is 6.65. The number of benzene rings is 1. The molecule has 5 heteroatoms. The van der Waals surface area contributed by atoms with Gasteiger partial charge in [0, 0.05) is 11.5 Å². The molecule has 3 nitrogen and oxygen atoms in total. The predicted molar refractivity (Wildman–Crippen MR) is 62.2 cm³/mol. The molecule has 0 bridgehead atoms. The fourth-order valence-corrected chi connectivity index (χ4v) is 3.82. The van der Waals surface area contributed by atoms with Crippen LogP contribution in [0.2, 0.25) is 0 Å². The summed E-state index contributed by atoms with van der Waals surface area (Å²) in [6.45, 7) is 1.72. The number of ketones is 1. The lowest BCUT2D eigenvalue weighted by Crippen LogP contribution is -2.17. The van der Waals surface area contributed by atoms with Crippen LogP contribution in [-0.4, -0.2) is 25.7 Å². The van der Waals surface area contributed by atoms with Gasteiger partial charge in [0.25, 0.3) is 0 Å². The van der Waals surface area contributed by atoms with Gasteiger partial charge < -0.3 is 0 Å². The Morgan fingerprint density at radius 3 is 2.71 bits per heavy atom. The van der Waals surface area contributed by atoms with Crippen LogP contribution in [0.4, 0.5) is 4.39 Å². The third-order valence-corrected chi connectivity index (χ3v) is 4.84. The van der Waals surface area contributed by atoms with Crippen molar-refractivity contribution in [2.45, 2.75) is 13.3 Å². The molecule has 1 aromatic rings. The summed E-state index contributed by atoms with van der Waals surface area (Å²) in [6.07, 6.45) is 0.344. The number of rotatable bonds is 2. The number of carbonyl (C=O) groups is 1. The highest BCUT2D eigenvalue weighted by atomic mass is 32.2. The first-order valence-corrected chi connectivity index (χ1v) is 7.22. The molecule has 17 heavy (non-hydrogen) atoms. The quantitative estimate of drug-likeness (QED) is 0.757. The fraction of sp³-hybridized carbons (Fsp3) is 0.417. The maximum atomic E-state index is 13.1. The van der Waals surface area contributed by atoms with E-state index in [9.17, 15) is 17.6 Å². The van der Waals surface area contributed by atoms with Crippen LogP contribution in [-0.2, 0) is 9.84 Å². The topological polar surface area (TPSA) is 51.2 Å². The van der Waals surface area contributed by atoms with E-state index in [-0.39, 0.29) is 17.3 Å². The van der Waals surface area contributed by atoms with E-state index in [1.54, 1.807) is 6.92 Å². The molecular formula is C12H13FO3S. The number of halogens is 1. The zero-order valence-electron chi connectivity index (χ0n) is 9.44. The van der Waals surface area contributed by atoms with Crippen molar-refractivity contribution in [1.82, 2.24) is 0 Å². The maximum absolute atomic E-state index is 13.1. The van der Waals surface area contributed by atoms with E-state index in [4.69, 9.17) is 0 Å². The molecule has 0 spiro atoms. The van der Waals surface area contributed by atoms with Gasteiger partial charge in [0.1, 0.15) is 5.82 Å². The first kappa shape index (κ1) is 12.2. The number of carbonyl (C=O) groups excluding carboxylic acids is 1.